The van der Waals surface area contributed by atoms with Gasteiger partial charge in [-0.25, -0.2) is 0 Å². The molecule has 1 atom stereocenters. The SMILES string of the molecule is O=C(NCCCSc1ccccc1)C1CCCN(Cc2nc(-c3ccc(Cl)cc3Cl)no2)C1. The van der Waals surface area contributed by atoms with Crippen molar-refractivity contribution in [2.24, 2.45) is 5.92 Å². The van der Waals surface area contributed by atoms with Gasteiger partial charge in [-0.2, -0.15) is 4.98 Å². The minimum Gasteiger partial charge on any atom is -0.356 e. The first-order valence-corrected chi connectivity index (χ1v) is 12.8. The Labute approximate surface area is 208 Å². The second kappa shape index (κ2) is 11.9. The van der Waals surface area contributed by atoms with E-state index >= 15 is 0 Å². The summed E-state index contributed by atoms with van der Waals surface area (Å²) in [6.45, 7) is 2.79. The fourth-order valence-electron chi connectivity index (χ4n) is 3.84. The second-order valence-corrected chi connectivity index (χ2v) is 10.0. The zero-order valence-corrected chi connectivity index (χ0v) is 20.5. The lowest BCUT2D eigenvalue weighted by molar-refractivity contribution is -0.126. The minimum atomic E-state index is -0.0198. The molecule has 0 radical (unpaired) electrons. The molecule has 1 unspecified atom stereocenters. The van der Waals surface area contributed by atoms with Crippen LogP contribution in [0.5, 0.6) is 0 Å². The number of halogens is 2. The Morgan fingerprint density at radius 1 is 1.21 bits per heavy atom. The molecule has 2 aromatic carbocycles. The lowest BCUT2D eigenvalue weighted by Gasteiger charge is -2.30. The predicted octanol–water partition coefficient (Wildman–Crippen LogP) is 5.55. The molecular formula is C24H26Cl2N4O2S. The third kappa shape index (κ3) is 6.96. The second-order valence-electron chi connectivity index (χ2n) is 8.02. The summed E-state index contributed by atoms with van der Waals surface area (Å²) in [5, 5.41) is 8.19. The Balaban J connectivity index is 1.22. The van der Waals surface area contributed by atoms with E-state index in [1.54, 1.807) is 18.2 Å². The Morgan fingerprint density at radius 3 is 2.88 bits per heavy atom. The predicted molar refractivity (Wildman–Crippen MR) is 133 cm³/mol. The van der Waals surface area contributed by atoms with Gasteiger partial charge in [0.1, 0.15) is 0 Å². The van der Waals surface area contributed by atoms with Gasteiger partial charge in [-0.3, -0.25) is 9.69 Å². The summed E-state index contributed by atoms with van der Waals surface area (Å²) in [6.07, 6.45) is 2.81. The van der Waals surface area contributed by atoms with E-state index in [0.29, 0.717) is 47.0 Å². The van der Waals surface area contributed by atoms with Gasteiger partial charge in [0.05, 0.1) is 17.5 Å². The van der Waals surface area contributed by atoms with Crippen molar-refractivity contribution in [1.29, 1.82) is 0 Å². The van der Waals surface area contributed by atoms with Crippen LogP contribution < -0.4 is 5.32 Å². The maximum Gasteiger partial charge on any atom is 0.241 e. The molecule has 0 saturated carbocycles. The molecular weight excluding hydrogens is 479 g/mol. The fourth-order valence-corrected chi connectivity index (χ4v) is 5.21. The molecule has 0 aliphatic carbocycles. The smallest absolute Gasteiger partial charge is 0.241 e. The van der Waals surface area contributed by atoms with Crippen LogP contribution in [0.15, 0.2) is 57.9 Å². The molecule has 0 spiro atoms. The van der Waals surface area contributed by atoms with Crippen LogP contribution in [0.3, 0.4) is 0 Å². The first-order valence-electron chi connectivity index (χ1n) is 11.0. The summed E-state index contributed by atoms with van der Waals surface area (Å²) in [5.41, 5.74) is 0.678. The van der Waals surface area contributed by atoms with E-state index in [4.69, 9.17) is 27.7 Å². The summed E-state index contributed by atoms with van der Waals surface area (Å²) in [7, 11) is 0. The zero-order valence-electron chi connectivity index (χ0n) is 18.2. The summed E-state index contributed by atoms with van der Waals surface area (Å²) in [4.78, 5) is 20.6. The summed E-state index contributed by atoms with van der Waals surface area (Å²) in [6, 6.07) is 15.5. The number of aromatic nitrogens is 2. The van der Waals surface area contributed by atoms with E-state index < -0.39 is 0 Å². The minimum absolute atomic E-state index is 0.0198. The summed E-state index contributed by atoms with van der Waals surface area (Å²) in [5.74, 6) is 2.04. The highest BCUT2D eigenvalue weighted by Gasteiger charge is 2.26. The Kier molecular flexibility index (Phi) is 8.67. The van der Waals surface area contributed by atoms with Crippen LogP contribution in [-0.4, -0.2) is 46.3 Å². The number of carbonyl (C=O) groups is 1. The van der Waals surface area contributed by atoms with Crippen LogP contribution in [0.1, 0.15) is 25.2 Å². The Hall–Kier alpha value is -2.06. The number of nitrogens with one attached hydrogen (secondary N) is 1. The van der Waals surface area contributed by atoms with Crippen LogP contribution in [-0.2, 0) is 11.3 Å². The third-order valence-electron chi connectivity index (χ3n) is 5.51. The Morgan fingerprint density at radius 2 is 2.06 bits per heavy atom. The maximum atomic E-state index is 12.7. The zero-order chi connectivity index (χ0) is 23.0. The van der Waals surface area contributed by atoms with Crippen molar-refractivity contribution < 1.29 is 9.32 Å². The molecule has 4 rings (SSSR count). The van der Waals surface area contributed by atoms with Crippen LogP contribution in [0.4, 0.5) is 0 Å². The molecule has 3 aromatic rings. The van der Waals surface area contributed by atoms with Crippen molar-refractivity contribution in [3.05, 3.63) is 64.5 Å². The number of hydrogen-bond donors (Lipinski definition) is 1. The van der Waals surface area contributed by atoms with Gasteiger partial charge in [0.15, 0.2) is 0 Å². The maximum absolute atomic E-state index is 12.7. The summed E-state index contributed by atoms with van der Waals surface area (Å²) >= 11 is 14.0. The highest BCUT2D eigenvalue weighted by Crippen LogP contribution is 2.29. The third-order valence-corrected chi connectivity index (χ3v) is 7.15. The highest BCUT2D eigenvalue weighted by molar-refractivity contribution is 7.99. The van der Waals surface area contributed by atoms with E-state index in [1.165, 1.54) is 4.90 Å². The molecule has 1 saturated heterocycles. The standard InChI is InChI=1S/C24H26Cl2N4O2S/c25-18-9-10-20(21(26)14-18)23-28-22(32-29-23)16-30-12-4-6-17(15-30)24(31)27-11-5-13-33-19-7-2-1-3-8-19/h1-3,7-10,14,17H,4-6,11-13,15-16H2,(H,27,31). The number of rotatable bonds is 9. The van der Waals surface area contributed by atoms with E-state index in [0.717, 1.165) is 31.6 Å². The molecule has 1 aliphatic heterocycles. The first-order chi connectivity index (χ1) is 16.1. The van der Waals surface area contributed by atoms with Gasteiger partial charge < -0.3 is 9.84 Å². The number of nitrogens with zero attached hydrogens (tertiary/aromatic N) is 3. The average molecular weight is 505 g/mol. The molecule has 1 N–H and O–H groups in total. The van der Waals surface area contributed by atoms with Crippen molar-refractivity contribution in [2.75, 3.05) is 25.4 Å². The largest absolute Gasteiger partial charge is 0.356 e. The molecule has 33 heavy (non-hydrogen) atoms. The molecule has 0 bridgehead atoms. The van der Waals surface area contributed by atoms with Crippen molar-refractivity contribution in [1.82, 2.24) is 20.4 Å². The number of thioether (sulfide) groups is 1. The van der Waals surface area contributed by atoms with Gasteiger partial charge in [0.2, 0.25) is 17.6 Å². The average Bonchev–Trinajstić information content (AvgIpc) is 3.27. The molecule has 1 fully saturated rings. The molecule has 2 heterocycles. The van der Waals surface area contributed by atoms with Crippen molar-refractivity contribution in [3.63, 3.8) is 0 Å². The molecule has 9 heteroatoms. The lowest BCUT2D eigenvalue weighted by atomic mass is 9.97. The van der Waals surface area contributed by atoms with E-state index in [-0.39, 0.29) is 11.8 Å². The van der Waals surface area contributed by atoms with E-state index in [9.17, 15) is 4.79 Å². The number of hydrogen-bond acceptors (Lipinski definition) is 6. The van der Waals surface area contributed by atoms with Gasteiger partial charge >= 0.3 is 0 Å². The number of likely N-dealkylation sites (tertiary alicyclic amines) is 1. The van der Waals surface area contributed by atoms with Gasteiger partial charge in [0.25, 0.3) is 0 Å². The van der Waals surface area contributed by atoms with Crippen molar-refractivity contribution in [2.45, 2.75) is 30.7 Å². The molecule has 1 aromatic heterocycles. The van der Waals surface area contributed by atoms with Gasteiger partial charge in [-0.05, 0) is 61.9 Å². The Bertz CT molecular complexity index is 1060. The quantitative estimate of drug-likeness (QED) is 0.304. The fraction of sp³-hybridized carbons (Fsp3) is 0.375. The molecule has 1 amide bonds. The normalized spacial score (nSPS) is 16.6. The molecule has 174 valence electrons. The van der Waals surface area contributed by atoms with Gasteiger partial charge in [-0.15, -0.1) is 11.8 Å². The number of piperidine rings is 1. The van der Waals surface area contributed by atoms with Crippen molar-refractivity contribution in [3.8, 4) is 11.4 Å². The molecule has 6 nitrogen and oxygen atoms in total. The highest BCUT2D eigenvalue weighted by atomic mass is 35.5. The monoisotopic (exact) mass is 504 g/mol. The van der Waals surface area contributed by atoms with E-state index in [2.05, 4.69) is 32.5 Å². The van der Waals surface area contributed by atoms with Crippen LogP contribution in [0.2, 0.25) is 10.0 Å². The topological polar surface area (TPSA) is 71.3 Å². The lowest BCUT2D eigenvalue weighted by Crippen LogP contribution is -2.43. The van der Waals surface area contributed by atoms with E-state index in [1.807, 2.05) is 30.0 Å². The van der Waals surface area contributed by atoms with Gasteiger partial charge in [-0.1, -0.05) is 46.6 Å². The van der Waals surface area contributed by atoms with Crippen LogP contribution in [0, 0.1) is 5.92 Å². The van der Waals surface area contributed by atoms with Gasteiger partial charge in [0, 0.05) is 28.6 Å². The number of carbonyl (C=O) groups excluding carboxylic acids is 1. The molecule has 1 aliphatic rings. The van der Waals surface area contributed by atoms with Crippen LogP contribution in [0.25, 0.3) is 11.4 Å². The van der Waals surface area contributed by atoms with Crippen LogP contribution >= 0.6 is 35.0 Å². The number of benzene rings is 2. The van der Waals surface area contributed by atoms with Crippen molar-refractivity contribution >= 4 is 40.9 Å². The number of amides is 1. The first kappa shape index (κ1) is 24.1. The summed E-state index contributed by atoms with van der Waals surface area (Å²) < 4.78 is 5.43.